The minimum absolute atomic E-state index is 0.107. The standard InChI is InChI=1S/C17H21N3O/c1-4-12-18-16-11-7-9-14(19-16)17(21)20(3)15-10-6-5-8-13(15)2/h5-11H,4,12H2,1-3H3,(H,18,19). The van der Waals surface area contributed by atoms with Crippen molar-refractivity contribution in [3.63, 3.8) is 0 Å². The lowest BCUT2D eigenvalue weighted by atomic mass is 10.2. The third kappa shape index (κ3) is 3.60. The van der Waals surface area contributed by atoms with E-state index in [1.165, 1.54) is 0 Å². The molecule has 0 saturated heterocycles. The fourth-order valence-corrected chi connectivity index (χ4v) is 2.13. The number of aryl methyl sites for hydroxylation is 1. The molecule has 1 aromatic carbocycles. The molecule has 0 aliphatic carbocycles. The van der Waals surface area contributed by atoms with Gasteiger partial charge >= 0.3 is 0 Å². The molecular formula is C17H21N3O. The lowest BCUT2D eigenvalue weighted by molar-refractivity contribution is 0.0988. The topological polar surface area (TPSA) is 45.2 Å². The Balaban J connectivity index is 2.21. The Morgan fingerprint density at radius 3 is 2.67 bits per heavy atom. The summed E-state index contributed by atoms with van der Waals surface area (Å²) in [6.07, 6.45) is 1.02. The highest BCUT2D eigenvalue weighted by atomic mass is 16.2. The van der Waals surface area contributed by atoms with E-state index >= 15 is 0 Å². The lowest BCUT2D eigenvalue weighted by Gasteiger charge is -2.19. The van der Waals surface area contributed by atoms with Crippen molar-refractivity contribution in [3.05, 3.63) is 53.7 Å². The van der Waals surface area contributed by atoms with Gasteiger partial charge in [0.15, 0.2) is 0 Å². The van der Waals surface area contributed by atoms with Gasteiger partial charge in [0.05, 0.1) is 0 Å². The van der Waals surface area contributed by atoms with Crippen LogP contribution in [0, 0.1) is 6.92 Å². The second-order valence-electron chi connectivity index (χ2n) is 4.99. The van der Waals surface area contributed by atoms with Crippen molar-refractivity contribution in [2.24, 2.45) is 0 Å². The fourth-order valence-electron chi connectivity index (χ4n) is 2.13. The van der Waals surface area contributed by atoms with Crippen LogP contribution in [0.5, 0.6) is 0 Å². The predicted octanol–water partition coefficient (Wildman–Crippen LogP) is 3.49. The van der Waals surface area contributed by atoms with Gasteiger partial charge in [0.25, 0.3) is 5.91 Å². The smallest absolute Gasteiger partial charge is 0.276 e. The first-order chi connectivity index (χ1) is 10.1. The van der Waals surface area contributed by atoms with Crippen molar-refractivity contribution in [1.29, 1.82) is 0 Å². The van der Waals surface area contributed by atoms with Crippen LogP contribution in [0.4, 0.5) is 11.5 Å². The van der Waals surface area contributed by atoms with Crippen molar-refractivity contribution >= 4 is 17.4 Å². The van der Waals surface area contributed by atoms with E-state index in [0.29, 0.717) is 5.69 Å². The maximum Gasteiger partial charge on any atom is 0.276 e. The fraction of sp³-hybridized carbons (Fsp3) is 0.294. The molecular weight excluding hydrogens is 262 g/mol. The first-order valence-corrected chi connectivity index (χ1v) is 7.18. The third-order valence-corrected chi connectivity index (χ3v) is 3.31. The van der Waals surface area contributed by atoms with Crippen molar-refractivity contribution in [2.75, 3.05) is 23.8 Å². The number of rotatable bonds is 5. The van der Waals surface area contributed by atoms with Crippen molar-refractivity contribution < 1.29 is 4.79 Å². The molecule has 0 saturated carbocycles. The van der Waals surface area contributed by atoms with Gasteiger partial charge < -0.3 is 10.2 Å². The SMILES string of the molecule is CCCNc1cccc(C(=O)N(C)c2ccccc2C)n1. The molecule has 0 radical (unpaired) electrons. The Morgan fingerprint density at radius 2 is 1.95 bits per heavy atom. The molecule has 0 spiro atoms. The van der Waals surface area contributed by atoms with Crippen LogP contribution in [0.25, 0.3) is 0 Å². The quantitative estimate of drug-likeness (QED) is 0.913. The summed E-state index contributed by atoms with van der Waals surface area (Å²) in [6, 6.07) is 13.3. The molecule has 2 aromatic rings. The van der Waals surface area contributed by atoms with Gasteiger partial charge in [0.1, 0.15) is 11.5 Å². The number of pyridine rings is 1. The molecule has 4 nitrogen and oxygen atoms in total. The zero-order valence-electron chi connectivity index (χ0n) is 12.8. The Bertz CT molecular complexity index is 625. The van der Waals surface area contributed by atoms with Crippen LogP contribution in [0.3, 0.4) is 0 Å². The summed E-state index contributed by atoms with van der Waals surface area (Å²) in [5, 5.41) is 3.20. The molecule has 2 rings (SSSR count). The summed E-state index contributed by atoms with van der Waals surface area (Å²) in [5.74, 6) is 0.630. The molecule has 1 aromatic heterocycles. The Labute approximate surface area is 125 Å². The summed E-state index contributed by atoms with van der Waals surface area (Å²) in [6.45, 7) is 4.93. The monoisotopic (exact) mass is 283 g/mol. The van der Waals surface area contributed by atoms with E-state index in [9.17, 15) is 4.79 Å². The second kappa shape index (κ2) is 6.88. The molecule has 4 heteroatoms. The highest BCUT2D eigenvalue weighted by Crippen LogP contribution is 2.19. The molecule has 1 N–H and O–H groups in total. The number of benzene rings is 1. The van der Waals surface area contributed by atoms with E-state index in [1.807, 2.05) is 43.3 Å². The van der Waals surface area contributed by atoms with Gasteiger partial charge in [0, 0.05) is 19.3 Å². The van der Waals surface area contributed by atoms with E-state index in [1.54, 1.807) is 18.0 Å². The van der Waals surface area contributed by atoms with Gasteiger partial charge in [0.2, 0.25) is 0 Å². The van der Waals surface area contributed by atoms with E-state index < -0.39 is 0 Å². The summed E-state index contributed by atoms with van der Waals surface area (Å²) < 4.78 is 0. The van der Waals surface area contributed by atoms with Crippen LogP contribution >= 0.6 is 0 Å². The first kappa shape index (κ1) is 15.0. The highest BCUT2D eigenvalue weighted by Gasteiger charge is 2.16. The van der Waals surface area contributed by atoms with Crippen molar-refractivity contribution in [2.45, 2.75) is 20.3 Å². The Kier molecular flexibility index (Phi) is 4.93. The van der Waals surface area contributed by atoms with Gasteiger partial charge in [-0.05, 0) is 37.1 Å². The number of nitrogens with one attached hydrogen (secondary N) is 1. The first-order valence-electron chi connectivity index (χ1n) is 7.18. The maximum atomic E-state index is 12.6. The summed E-state index contributed by atoms with van der Waals surface area (Å²) >= 11 is 0. The molecule has 0 aliphatic rings. The Morgan fingerprint density at radius 1 is 1.19 bits per heavy atom. The van der Waals surface area contributed by atoms with Crippen molar-refractivity contribution in [3.8, 4) is 0 Å². The number of carbonyl (C=O) groups excluding carboxylic acids is 1. The average molecular weight is 283 g/mol. The predicted molar refractivity (Wildman–Crippen MR) is 86.9 cm³/mol. The molecule has 0 bridgehead atoms. The van der Waals surface area contributed by atoms with Gasteiger partial charge in [-0.1, -0.05) is 31.2 Å². The number of amides is 1. The zero-order chi connectivity index (χ0) is 15.2. The number of carbonyl (C=O) groups is 1. The molecule has 1 amide bonds. The Hall–Kier alpha value is -2.36. The largest absolute Gasteiger partial charge is 0.370 e. The molecule has 1 heterocycles. The number of anilines is 2. The summed E-state index contributed by atoms with van der Waals surface area (Å²) in [7, 11) is 1.78. The van der Waals surface area contributed by atoms with Gasteiger partial charge in [-0.2, -0.15) is 0 Å². The minimum Gasteiger partial charge on any atom is -0.370 e. The normalized spacial score (nSPS) is 10.2. The van der Waals surface area contributed by atoms with Gasteiger partial charge in [-0.25, -0.2) is 4.98 Å². The van der Waals surface area contributed by atoms with Crippen molar-refractivity contribution in [1.82, 2.24) is 4.98 Å². The third-order valence-electron chi connectivity index (χ3n) is 3.31. The number of hydrogen-bond acceptors (Lipinski definition) is 3. The van der Waals surface area contributed by atoms with Gasteiger partial charge in [-0.3, -0.25) is 4.79 Å². The maximum absolute atomic E-state index is 12.6. The molecule has 0 unspecified atom stereocenters. The van der Waals surface area contributed by atoms with Crippen LogP contribution in [0.1, 0.15) is 29.4 Å². The summed E-state index contributed by atoms with van der Waals surface area (Å²) in [5.41, 5.74) is 2.41. The summed E-state index contributed by atoms with van der Waals surface area (Å²) in [4.78, 5) is 18.6. The number of hydrogen-bond donors (Lipinski definition) is 1. The molecule has 0 aliphatic heterocycles. The van der Waals surface area contributed by atoms with E-state index in [2.05, 4.69) is 17.2 Å². The molecule has 0 fully saturated rings. The highest BCUT2D eigenvalue weighted by molar-refractivity contribution is 6.05. The minimum atomic E-state index is -0.107. The van der Waals surface area contributed by atoms with Crippen LogP contribution in [0.2, 0.25) is 0 Å². The zero-order valence-corrected chi connectivity index (χ0v) is 12.8. The number of aromatic nitrogens is 1. The molecule has 110 valence electrons. The van der Waals surface area contributed by atoms with E-state index in [-0.39, 0.29) is 5.91 Å². The van der Waals surface area contributed by atoms with Crippen LogP contribution in [-0.2, 0) is 0 Å². The van der Waals surface area contributed by atoms with Crippen LogP contribution in [0.15, 0.2) is 42.5 Å². The number of nitrogens with zero attached hydrogens (tertiary/aromatic N) is 2. The lowest BCUT2D eigenvalue weighted by Crippen LogP contribution is -2.27. The second-order valence-corrected chi connectivity index (χ2v) is 4.99. The van der Waals surface area contributed by atoms with E-state index in [4.69, 9.17) is 0 Å². The van der Waals surface area contributed by atoms with Crippen LogP contribution < -0.4 is 10.2 Å². The average Bonchev–Trinajstić information content (AvgIpc) is 2.52. The molecule has 0 atom stereocenters. The van der Waals surface area contributed by atoms with Crippen LogP contribution in [-0.4, -0.2) is 24.5 Å². The molecule has 21 heavy (non-hydrogen) atoms. The number of para-hydroxylation sites is 1. The van der Waals surface area contributed by atoms with Gasteiger partial charge in [-0.15, -0.1) is 0 Å². The van der Waals surface area contributed by atoms with E-state index in [0.717, 1.165) is 30.0 Å².